The number of anilines is 1. The third-order valence-electron chi connectivity index (χ3n) is 2.80. The number of para-hydroxylation sites is 1. The van der Waals surface area contributed by atoms with Gasteiger partial charge >= 0.3 is 6.09 Å². The molecule has 3 N–H and O–H groups in total. The van der Waals surface area contributed by atoms with E-state index in [-0.39, 0.29) is 19.5 Å². The quantitative estimate of drug-likeness (QED) is 0.724. The lowest BCUT2D eigenvalue weighted by atomic mass is 10.1. The molecule has 0 heterocycles. The number of carbonyl (C=O) groups excluding carboxylic acids is 3. The van der Waals surface area contributed by atoms with Gasteiger partial charge in [0.15, 0.2) is 0 Å². The number of benzene rings is 1. The van der Waals surface area contributed by atoms with Crippen molar-refractivity contribution in [2.75, 3.05) is 11.9 Å². The van der Waals surface area contributed by atoms with Gasteiger partial charge in [-0.3, -0.25) is 9.59 Å². The molecule has 0 saturated carbocycles. The second-order valence-corrected chi connectivity index (χ2v) is 6.17. The molecule has 1 aromatic carbocycles. The van der Waals surface area contributed by atoms with Crippen LogP contribution in [-0.2, 0) is 20.9 Å². The first-order chi connectivity index (χ1) is 11.7. The van der Waals surface area contributed by atoms with Crippen molar-refractivity contribution >= 4 is 23.6 Å². The summed E-state index contributed by atoms with van der Waals surface area (Å²) in [7, 11) is 0. The fourth-order valence-corrected chi connectivity index (χ4v) is 1.79. The van der Waals surface area contributed by atoms with Crippen LogP contribution < -0.4 is 16.0 Å². The second kappa shape index (κ2) is 9.27. The van der Waals surface area contributed by atoms with E-state index in [1.165, 1.54) is 0 Å². The first-order valence-electron chi connectivity index (χ1n) is 7.69. The summed E-state index contributed by atoms with van der Waals surface area (Å²) in [6.45, 7) is 5.11. The molecule has 8 heteroatoms. The van der Waals surface area contributed by atoms with Gasteiger partial charge in [0.05, 0.1) is 6.07 Å². The first-order valence-corrected chi connectivity index (χ1v) is 7.69. The van der Waals surface area contributed by atoms with Crippen LogP contribution in [0, 0.1) is 11.3 Å². The molecule has 0 aliphatic carbocycles. The zero-order valence-corrected chi connectivity index (χ0v) is 14.5. The highest BCUT2D eigenvalue weighted by Crippen LogP contribution is 2.14. The number of nitrogens with zero attached hydrogens (tertiary/aromatic N) is 1. The molecular formula is C17H22N4O4. The van der Waals surface area contributed by atoms with Crippen LogP contribution in [0.4, 0.5) is 10.5 Å². The Morgan fingerprint density at radius 3 is 2.44 bits per heavy atom. The summed E-state index contributed by atoms with van der Waals surface area (Å²) < 4.78 is 5.05. The topological polar surface area (TPSA) is 120 Å². The van der Waals surface area contributed by atoms with Crippen molar-refractivity contribution in [1.29, 1.82) is 5.26 Å². The van der Waals surface area contributed by atoms with Crippen LogP contribution in [0.2, 0.25) is 0 Å². The van der Waals surface area contributed by atoms with E-state index in [1.54, 1.807) is 51.1 Å². The molecule has 0 bridgehead atoms. The first kappa shape index (κ1) is 20.0. The van der Waals surface area contributed by atoms with Crippen LogP contribution in [0.1, 0.15) is 32.8 Å². The van der Waals surface area contributed by atoms with Gasteiger partial charge < -0.3 is 20.7 Å². The minimum Gasteiger partial charge on any atom is -0.444 e. The average Bonchev–Trinajstić information content (AvgIpc) is 2.51. The van der Waals surface area contributed by atoms with E-state index < -0.39 is 23.5 Å². The summed E-state index contributed by atoms with van der Waals surface area (Å²) in [5, 5.41) is 16.1. The van der Waals surface area contributed by atoms with Crippen molar-refractivity contribution < 1.29 is 19.1 Å². The Morgan fingerprint density at radius 2 is 1.80 bits per heavy atom. The van der Waals surface area contributed by atoms with Crippen molar-refractivity contribution in [3.63, 3.8) is 0 Å². The predicted molar refractivity (Wildman–Crippen MR) is 91.4 cm³/mol. The minimum absolute atomic E-state index is 0.177. The number of nitriles is 1. The van der Waals surface area contributed by atoms with E-state index in [4.69, 9.17) is 10.00 Å². The Labute approximate surface area is 146 Å². The molecule has 3 amide bonds. The van der Waals surface area contributed by atoms with Crippen molar-refractivity contribution in [2.24, 2.45) is 0 Å². The molecule has 8 nitrogen and oxygen atoms in total. The molecule has 0 radical (unpaired) electrons. The normalized spacial score (nSPS) is 10.3. The van der Waals surface area contributed by atoms with Gasteiger partial charge in [-0.2, -0.15) is 5.26 Å². The molecule has 0 spiro atoms. The lowest BCUT2D eigenvalue weighted by Crippen LogP contribution is -2.37. The van der Waals surface area contributed by atoms with Gasteiger partial charge in [0.2, 0.25) is 11.8 Å². The number of nitrogens with one attached hydrogen (secondary N) is 3. The van der Waals surface area contributed by atoms with Gasteiger partial charge in [-0.1, -0.05) is 18.2 Å². The zero-order chi connectivity index (χ0) is 18.9. The molecular weight excluding hydrogens is 324 g/mol. The maximum absolute atomic E-state index is 12.0. The fraction of sp³-hybridized carbons (Fsp3) is 0.412. The minimum atomic E-state index is -0.681. The third kappa shape index (κ3) is 8.37. The molecule has 0 aliphatic heterocycles. The van der Waals surface area contributed by atoms with Gasteiger partial charge in [-0.25, -0.2) is 4.79 Å². The van der Waals surface area contributed by atoms with Crippen molar-refractivity contribution in [3.8, 4) is 6.07 Å². The molecule has 0 aliphatic rings. The molecule has 1 rings (SSSR count). The zero-order valence-electron chi connectivity index (χ0n) is 14.5. The monoisotopic (exact) mass is 346 g/mol. The summed E-state index contributed by atoms with van der Waals surface area (Å²) >= 11 is 0. The van der Waals surface area contributed by atoms with Crippen LogP contribution in [0.25, 0.3) is 0 Å². The molecule has 0 saturated heterocycles. The van der Waals surface area contributed by atoms with Crippen LogP contribution in [0.15, 0.2) is 24.3 Å². The van der Waals surface area contributed by atoms with Crippen LogP contribution in [0.3, 0.4) is 0 Å². The number of alkyl carbamates (subject to hydrolysis) is 1. The van der Waals surface area contributed by atoms with E-state index in [0.717, 1.165) is 0 Å². The predicted octanol–water partition coefficient (Wildman–Crippen LogP) is 1.68. The van der Waals surface area contributed by atoms with Gasteiger partial charge in [0, 0.05) is 12.2 Å². The maximum atomic E-state index is 12.0. The average molecular weight is 346 g/mol. The lowest BCUT2D eigenvalue weighted by Gasteiger charge is -2.19. The Hall–Kier alpha value is -3.08. The lowest BCUT2D eigenvalue weighted by molar-refractivity contribution is -0.120. The Morgan fingerprint density at radius 1 is 1.12 bits per heavy atom. The smallest absolute Gasteiger partial charge is 0.408 e. The van der Waals surface area contributed by atoms with Crippen molar-refractivity contribution in [2.45, 2.75) is 39.3 Å². The van der Waals surface area contributed by atoms with Crippen LogP contribution in [0.5, 0.6) is 0 Å². The summed E-state index contributed by atoms with van der Waals surface area (Å²) in [5.41, 5.74) is 0.546. The Kier molecular flexibility index (Phi) is 7.41. The van der Waals surface area contributed by atoms with Crippen molar-refractivity contribution in [3.05, 3.63) is 29.8 Å². The molecule has 1 aromatic rings. The summed E-state index contributed by atoms with van der Waals surface area (Å²) in [6.07, 6.45) is -0.909. The number of hydrogen-bond donors (Lipinski definition) is 3. The molecule has 0 aromatic heterocycles. The van der Waals surface area contributed by atoms with Gasteiger partial charge in [0.1, 0.15) is 18.6 Å². The van der Waals surface area contributed by atoms with E-state index in [0.29, 0.717) is 11.3 Å². The fourth-order valence-electron chi connectivity index (χ4n) is 1.79. The number of hydrogen-bond acceptors (Lipinski definition) is 5. The van der Waals surface area contributed by atoms with E-state index in [1.807, 2.05) is 0 Å². The van der Waals surface area contributed by atoms with E-state index in [9.17, 15) is 14.4 Å². The Bertz CT molecular complexity index is 674. The summed E-state index contributed by atoms with van der Waals surface area (Å²) in [4.78, 5) is 34.9. The largest absolute Gasteiger partial charge is 0.444 e. The summed E-state index contributed by atoms with van der Waals surface area (Å²) in [6, 6.07) is 8.68. The number of amides is 3. The number of ether oxygens (including phenoxy) is 1. The molecule has 134 valence electrons. The molecule has 0 unspecified atom stereocenters. The molecule has 0 atom stereocenters. The second-order valence-electron chi connectivity index (χ2n) is 6.17. The van der Waals surface area contributed by atoms with Crippen LogP contribution in [-0.4, -0.2) is 30.1 Å². The molecule has 0 fully saturated rings. The molecule has 25 heavy (non-hydrogen) atoms. The van der Waals surface area contributed by atoms with Gasteiger partial charge in [-0.15, -0.1) is 0 Å². The highest BCUT2D eigenvalue weighted by atomic mass is 16.6. The van der Waals surface area contributed by atoms with Gasteiger partial charge in [-0.05, 0) is 32.4 Å². The SMILES string of the molecule is CC(C)(C)OC(=O)NCC(=O)Nc1ccccc1CNC(=O)CC#N. The van der Waals surface area contributed by atoms with E-state index >= 15 is 0 Å². The van der Waals surface area contributed by atoms with Crippen molar-refractivity contribution in [1.82, 2.24) is 10.6 Å². The number of carbonyl (C=O) groups is 3. The highest BCUT2D eigenvalue weighted by Gasteiger charge is 2.16. The Balaban J connectivity index is 2.56. The number of rotatable bonds is 6. The third-order valence-corrected chi connectivity index (χ3v) is 2.80. The van der Waals surface area contributed by atoms with E-state index in [2.05, 4.69) is 16.0 Å². The highest BCUT2D eigenvalue weighted by molar-refractivity contribution is 5.94. The van der Waals surface area contributed by atoms with Gasteiger partial charge in [0.25, 0.3) is 0 Å². The summed E-state index contributed by atoms with van der Waals surface area (Å²) in [5.74, 6) is -0.822. The maximum Gasteiger partial charge on any atom is 0.408 e. The standard InChI is InChI=1S/C17H22N4O4/c1-17(2,3)25-16(24)20-11-15(23)21-13-7-5-4-6-12(13)10-19-14(22)8-9-18/h4-7H,8,10-11H2,1-3H3,(H,19,22)(H,20,24)(H,21,23). The van der Waals surface area contributed by atoms with Crippen LogP contribution >= 0.6 is 0 Å².